The lowest BCUT2D eigenvalue weighted by molar-refractivity contribution is -0.132. The summed E-state index contributed by atoms with van der Waals surface area (Å²) in [5, 5.41) is 11.0. The van der Waals surface area contributed by atoms with Crippen LogP contribution in [0.15, 0.2) is 83.1 Å². The van der Waals surface area contributed by atoms with E-state index < -0.39 is 17.7 Å². The number of ether oxygens (including phenoxy) is 1. The first kappa shape index (κ1) is 19.8. The molecular formula is C23H17BrN2O4. The maximum atomic E-state index is 13.0. The lowest BCUT2D eigenvalue weighted by Crippen LogP contribution is -2.29. The van der Waals surface area contributed by atoms with Crippen molar-refractivity contribution in [2.45, 2.75) is 6.04 Å². The monoisotopic (exact) mass is 464 g/mol. The molecule has 1 amide bonds. The third-order valence-corrected chi connectivity index (χ3v) is 5.42. The van der Waals surface area contributed by atoms with Crippen LogP contribution in [0.3, 0.4) is 0 Å². The van der Waals surface area contributed by atoms with Crippen LogP contribution in [0.1, 0.15) is 17.2 Å². The molecule has 4 rings (SSSR count). The van der Waals surface area contributed by atoms with Crippen molar-refractivity contribution in [2.75, 3.05) is 12.0 Å². The minimum absolute atomic E-state index is 0.0134. The normalized spacial score (nSPS) is 17.9. The molecule has 150 valence electrons. The number of carbonyl (C=O) groups excluding carboxylic acids is 2. The van der Waals surface area contributed by atoms with Crippen LogP contribution in [0.5, 0.6) is 5.75 Å². The third-order valence-electron chi connectivity index (χ3n) is 4.90. The molecule has 0 saturated carbocycles. The first-order valence-corrected chi connectivity index (χ1v) is 9.91. The van der Waals surface area contributed by atoms with Gasteiger partial charge in [0, 0.05) is 16.2 Å². The van der Waals surface area contributed by atoms with Gasteiger partial charge in [0.05, 0.1) is 30.6 Å². The number of rotatable bonds is 4. The van der Waals surface area contributed by atoms with Crippen molar-refractivity contribution < 1.29 is 19.4 Å². The standard InChI is InChI=1S/C23H17BrN2O4/c1-30-18-6-2-4-15(12-18)20-19(21(27)14-7-9-16(24)10-8-14)22(28)23(29)26(20)17-5-3-11-25-13-17/h2-13,20,27H,1H3/b21-19+. The molecule has 1 atom stereocenters. The Balaban J connectivity index is 1.95. The zero-order chi connectivity index (χ0) is 21.3. The summed E-state index contributed by atoms with van der Waals surface area (Å²) in [6.07, 6.45) is 3.10. The summed E-state index contributed by atoms with van der Waals surface area (Å²) < 4.78 is 6.15. The molecule has 0 radical (unpaired) electrons. The van der Waals surface area contributed by atoms with E-state index in [1.165, 1.54) is 11.1 Å². The number of halogens is 1. The second-order valence-corrected chi connectivity index (χ2v) is 7.58. The smallest absolute Gasteiger partial charge is 0.300 e. The molecule has 1 aliphatic heterocycles. The number of carbonyl (C=O) groups is 2. The summed E-state index contributed by atoms with van der Waals surface area (Å²) in [7, 11) is 1.54. The van der Waals surface area contributed by atoms with E-state index in [0.29, 0.717) is 22.6 Å². The fourth-order valence-electron chi connectivity index (χ4n) is 3.49. The molecule has 0 spiro atoms. The van der Waals surface area contributed by atoms with Crippen molar-refractivity contribution in [3.8, 4) is 5.75 Å². The number of amides is 1. The molecule has 0 bridgehead atoms. The molecule has 1 unspecified atom stereocenters. The summed E-state index contributed by atoms with van der Waals surface area (Å²) in [6.45, 7) is 0. The highest BCUT2D eigenvalue weighted by Crippen LogP contribution is 2.42. The van der Waals surface area contributed by atoms with Gasteiger partial charge >= 0.3 is 0 Å². The number of hydrogen-bond donors (Lipinski definition) is 1. The fourth-order valence-corrected chi connectivity index (χ4v) is 3.75. The third kappa shape index (κ3) is 3.48. The lowest BCUT2D eigenvalue weighted by atomic mass is 9.95. The summed E-state index contributed by atoms with van der Waals surface area (Å²) in [4.78, 5) is 31.5. The molecule has 30 heavy (non-hydrogen) atoms. The number of aromatic nitrogens is 1. The molecule has 2 aromatic carbocycles. The number of methoxy groups -OCH3 is 1. The zero-order valence-electron chi connectivity index (χ0n) is 15.9. The van der Waals surface area contributed by atoms with Gasteiger partial charge in [0.2, 0.25) is 0 Å². The Kier molecular flexibility index (Phi) is 5.37. The van der Waals surface area contributed by atoms with Gasteiger partial charge in [0.15, 0.2) is 0 Å². The van der Waals surface area contributed by atoms with Crippen LogP contribution in [0.25, 0.3) is 5.76 Å². The van der Waals surface area contributed by atoms with E-state index in [-0.39, 0.29) is 11.3 Å². The van der Waals surface area contributed by atoms with Gasteiger partial charge in [-0.15, -0.1) is 0 Å². The molecule has 1 fully saturated rings. The van der Waals surface area contributed by atoms with Crippen LogP contribution in [0, 0.1) is 0 Å². The van der Waals surface area contributed by atoms with Gasteiger partial charge in [-0.3, -0.25) is 19.5 Å². The minimum atomic E-state index is -0.826. The molecule has 6 nitrogen and oxygen atoms in total. The molecule has 1 saturated heterocycles. The Morgan fingerprint density at radius 3 is 2.53 bits per heavy atom. The highest BCUT2D eigenvalue weighted by Gasteiger charge is 2.47. The van der Waals surface area contributed by atoms with E-state index in [4.69, 9.17) is 4.74 Å². The second-order valence-electron chi connectivity index (χ2n) is 6.66. The number of benzene rings is 2. The second kappa shape index (κ2) is 8.12. The van der Waals surface area contributed by atoms with E-state index >= 15 is 0 Å². The van der Waals surface area contributed by atoms with E-state index in [0.717, 1.165) is 4.47 Å². The van der Waals surface area contributed by atoms with E-state index in [2.05, 4.69) is 20.9 Å². The van der Waals surface area contributed by atoms with Gasteiger partial charge < -0.3 is 9.84 Å². The zero-order valence-corrected chi connectivity index (χ0v) is 17.5. The van der Waals surface area contributed by atoms with Gasteiger partial charge in [0.25, 0.3) is 11.7 Å². The number of ketones is 1. The van der Waals surface area contributed by atoms with Crippen molar-refractivity contribution in [3.05, 3.63) is 94.2 Å². The van der Waals surface area contributed by atoms with Crippen LogP contribution in [-0.4, -0.2) is 28.9 Å². The van der Waals surface area contributed by atoms with Crippen LogP contribution in [-0.2, 0) is 9.59 Å². The highest BCUT2D eigenvalue weighted by atomic mass is 79.9. The topological polar surface area (TPSA) is 79.7 Å². The molecule has 1 N–H and O–H groups in total. The first-order chi connectivity index (χ1) is 14.5. The van der Waals surface area contributed by atoms with Gasteiger partial charge in [-0.1, -0.05) is 40.2 Å². The van der Waals surface area contributed by atoms with Crippen molar-refractivity contribution in [1.82, 2.24) is 4.98 Å². The summed E-state index contributed by atoms with van der Waals surface area (Å²) >= 11 is 3.36. The Morgan fingerprint density at radius 1 is 1.10 bits per heavy atom. The number of anilines is 1. The summed E-state index contributed by atoms with van der Waals surface area (Å²) in [5.74, 6) is -1.14. The van der Waals surface area contributed by atoms with Gasteiger partial charge in [-0.2, -0.15) is 0 Å². The van der Waals surface area contributed by atoms with Crippen LogP contribution < -0.4 is 9.64 Å². The quantitative estimate of drug-likeness (QED) is 0.349. The Labute approximate surface area is 181 Å². The maximum absolute atomic E-state index is 13.0. The number of pyridine rings is 1. The SMILES string of the molecule is COc1cccc(C2/C(=C(\O)c3ccc(Br)cc3)C(=O)C(=O)N2c2cccnc2)c1. The minimum Gasteiger partial charge on any atom is -0.507 e. The largest absolute Gasteiger partial charge is 0.507 e. The van der Waals surface area contributed by atoms with Gasteiger partial charge in [-0.25, -0.2) is 0 Å². The number of hydrogen-bond acceptors (Lipinski definition) is 5. The molecule has 1 aromatic heterocycles. The van der Waals surface area contributed by atoms with Crippen molar-refractivity contribution >= 4 is 39.1 Å². The van der Waals surface area contributed by atoms with E-state index in [1.54, 1.807) is 74.0 Å². The Bertz CT molecular complexity index is 1140. The average molecular weight is 465 g/mol. The number of aliphatic hydroxyl groups is 1. The molecule has 7 heteroatoms. The number of nitrogens with zero attached hydrogens (tertiary/aromatic N) is 2. The molecule has 1 aliphatic rings. The van der Waals surface area contributed by atoms with Crippen LogP contribution in [0.4, 0.5) is 5.69 Å². The van der Waals surface area contributed by atoms with E-state index in [9.17, 15) is 14.7 Å². The predicted octanol–water partition coefficient (Wildman–Crippen LogP) is 4.48. The van der Waals surface area contributed by atoms with Crippen molar-refractivity contribution in [1.29, 1.82) is 0 Å². The lowest BCUT2D eigenvalue weighted by Gasteiger charge is -2.25. The van der Waals surface area contributed by atoms with Gasteiger partial charge in [-0.05, 0) is 42.0 Å². The molecule has 2 heterocycles. The highest BCUT2D eigenvalue weighted by molar-refractivity contribution is 9.10. The fraction of sp³-hybridized carbons (Fsp3) is 0.0870. The average Bonchev–Trinajstić information content (AvgIpc) is 3.05. The predicted molar refractivity (Wildman–Crippen MR) is 116 cm³/mol. The first-order valence-electron chi connectivity index (χ1n) is 9.12. The molecule has 3 aromatic rings. The Morgan fingerprint density at radius 2 is 1.87 bits per heavy atom. The van der Waals surface area contributed by atoms with Crippen LogP contribution in [0.2, 0.25) is 0 Å². The summed E-state index contributed by atoms with van der Waals surface area (Å²) in [5.41, 5.74) is 1.55. The van der Waals surface area contributed by atoms with Crippen molar-refractivity contribution in [3.63, 3.8) is 0 Å². The summed E-state index contributed by atoms with van der Waals surface area (Å²) in [6, 6.07) is 16.5. The van der Waals surface area contributed by atoms with E-state index in [1.807, 2.05) is 0 Å². The van der Waals surface area contributed by atoms with Crippen molar-refractivity contribution in [2.24, 2.45) is 0 Å². The maximum Gasteiger partial charge on any atom is 0.300 e. The van der Waals surface area contributed by atoms with Crippen LogP contribution >= 0.6 is 15.9 Å². The van der Waals surface area contributed by atoms with Gasteiger partial charge in [0.1, 0.15) is 11.5 Å². The number of aliphatic hydroxyl groups excluding tert-OH is 1. The number of Topliss-reactive ketones (excluding diaryl/α,β-unsaturated/α-hetero) is 1. The molecular weight excluding hydrogens is 448 g/mol. The molecule has 0 aliphatic carbocycles. The Hall–Kier alpha value is -3.45.